The van der Waals surface area contributed by atoms with Crippen molar-refractivity contribution in [2.45, 2.75) is 67.7 Å². The summed E-state index contributed by atoms with van der Waals surface area (Å²) in [6.07, 6.45) is 8.83. The van der Waals surface area contributed by atoms with Crippen molar-refractivity contribution in [2.75, 3.05) is 35.7 Å². The number of aryl methyl sites for hydroxylation is 1. The Kier molecular flexibility index (Phi) is 5.46. The van der Waals surface area contributed by atoms with E-state index in [4.69, 9.17) is 16.6 Å². The molecule has 2 aliphatic heterocycles. The van der Waals surface area contributed by atoms with E-state index in [-0.39, 0.29) is 12.1 Å². The highest BCUT2D eigenvalue weighted by Gasteiger charge is 2.46. The van der Waals surface area contributed by atoms with Gasteiger partial charge < -0.3 is 15.3 Å². The summed E-state index contributed by atoms with van der Waals surface area (Å²) in [5.74, 6) is 3.08. The molecule has 0 radical (unpaired) electrons. The lowest BCUT2D eigenvalue weighted by atomic mass is 9.65. The lowest BCUT2D eigenvalue weighted by Gasteiger charge is -2.54. The normalized spacial score (nSPS) is 25.4. The minimum Gasteiger partial charge on any atom is -0.394 e. The van der Waals surface area contributed by atoms with Gasteiger partial charge in [0.2, 0.25) is 0 Å². The van der Waals surface area contributed by atoms with Gasteiger partial charge >= 0.3 is 0 Å². The first-order valence-corrected chi connectivity index (χ1v) is 14.0. The van der Waals surface area contributed by atoms with Gasteiger partial charge in [-0.3, -0.25) is 4.21 Å². The van der Waals surface area contributed by atoms with Crippen molar-refractivity contribution in [1.29, 1.82) is 0 Å². The molecular weight excluding hydrogens is 454 g/mol. The number of hydrogen-bond acceptors (Lipinski definition) is 5. The number of nitrogens with one attached hydrogen (secondary N) is 1. The summed E-state index contributed by atoms with van der Waals surface area (Å²) in [6.45, 7) is 2.21. The summed E-state index contributed by atoms with van der Waals surface area (Å²) < 4.78 is 12.7. The highest BCUT2D eigenvalue weighted by atomic mass is 35.5. The van der Waals surface area contributed by atoms with Crippen LogP contribution in [0.15, 0.2) is 35.2 Å². The molecule has 3 fully saturated rings. The van der Waals surface area contributed by atoms with Gasteiger partial charge in [0.15, 0.2) is 0 Å². The third kappa shape index (κ3) is 3.88. The maximum atomic E-state index is 12.7. The molecule has 2 saturated carbocycles. The molecule has 1 atom stereocenters. The van der Waals surface area contributed by atoms with Crippen LogP contribution in [0.4, 0.5) is 11.6 Å². The number of fused-ring (bicyclic) bond motifs is 1. The van der Waals surface area contributed by atoms with E-state index in [1.54, 1.807) is 0 Å². The Morgan fingerprint density at radius 3 is 2.52 bits per heavy atom. The van der Waals surface area contributed by atoms with Crippen molar-refractivity contribution in [2.24, 2.45) is 5.41 Å². The second-order valence-corrected chi connectivity index (χ2v) is 12.7. The Morgan fingerprint density at radius 2 is 1.88 bits per heavy atom. The summed E-state index contributed by atoms with van der Waals surface area (Å²) in [7, 11) is -0.997. The second-order valence-electron chi connectivity index (χ2n) is 10.7. The summed E-state index contributed by atoms with van der Waals surface area (Å²) in [5.41, 5.74) is 2.70. The predicted molar refractivity (Wildman–Crippen MR) is 134 cm³/mol. The molecule has 6 rings (SSSR count). The highest BCUT2D eigenvalue weighted by Crippen LogP contribution is 2.50. The van der Waals surface area contributed by atoms with Gasteiger partial charge in [-0.05, 0) is 86.6 Å². The van der Waals surface area contributed by atoms with Crippen molar-refractivity contribution in [3.8, 4) is 0 Å². The van der Waals surface area contributed by atoms with Crippen LogP contribution in [0.2, 0.25) is 5.02 Å². The van der Waals surface area contributed by atoms with Gasteiger partial charge in [-0.1, -0.05) is 23.7 Å². The molecule has 33 heavy (non-hydrogen) atoms. The lowest BCUT2D eigenvalue weighted by Crippen LogP contribution is -2.58. The standard InChI is InChI=1S/C26H32ClN3O2S/c27-21-4-2-18(3-5-21)19-6-11-25(12-7-19)15-30(16-25)22-14-20-8-13-33(32)23(20)24(28-22)29-26(17-31)9-1-10-26/h2-5,14,19,31H,1,6-13,15-17H2,(H,28,29). The molecule has 0 amide bonds. The van der Waals surface area contributed by atoms with E-state index in [0.29, 0.717) is 17.1 Å². The van der Waals surface area contributed by atoms with Crippen molar-refractivity contribution in [3.05, 3.63) is 46.5 Å². The van der Waals surface area contributed by atoms with E-state index in [2.05, 4.69) is 28.4 Å². The van der Waals surface area contributed by atoms with E-state index in [0.717, 1.165) is 60.3 Å². The third-order valence-corrected chi connectivity index (χ3v) is 10.3. The molecule has 3 heterocycles. The van der Waals surface area contributed by atoms with Gasteiger partial charge in [0.25, 0.3) is 0 Å². The van der Waals surface area contributed by atoms with Gasteiger partial charge in [0.1, 0.15) is 11.6 Å². The summed E-state index contributed by atoms with van der Waals surface area (Å²) >= 11 is 6.07. The first-order chi connectivity index (χ1) is 16.0. The number of aliphatic hydroxyl groups excluding tert-OH is 1. The Balaban J connectivity index is 1.16. The first-order valence-electron chi connectivity index (χ1n) is 12.3. The SMILES string of the molecule is O=S1CCc2cc(N3CC4(CCC(c5ccc(Cl)cc5)CC4)C3)nc(NC3(CO)CCC3)c21. The Hall–Kier alpha value is -1.63. The Bertz CT molecular complexity index is 1060. The molecule has 2 N–H and O–H groups in total. The zero-order valence-electron chi connectivity index (χ0n) is 19.0. The Labute approximate surface area is 203 Å². The van der Waals surface area contributed by atoms with Crippen LogP contribution in [0.1, 0.15) is 62.0 Å². The molecule has 1 aromatic carbocycles. The van der Waals surface area contributed by atoms with Crippen LogP contribution in [0.3, 0.4) is 0 Å². The van der Waals surface area contributed by atoms with Crippen LogP contribution in [-0.2, 0) is 17.2 Å². The second kappa shape index (κ2) is 8.24. The van der Waals surface area contributed by atoms with Crippen LogP contribution in [0.25, 0.3) is 0 Å². The average molecular weight is 486 g/mol. The fraction of sp³-hybridized carbons (Fsp3) is 0.577. The largest absolute Gasteiger partial charge is 0.394 e. The number of nitrogens with zero attached hydrogens (tertiary/aromatic N) is 2. The van der Waals surface area contributed by atoms with Crippen molar-refractivity contribution >= 4 is 34.0 Å². The number of benzene rings is 1. The van der Waals surface area contributed by atoms with Gasteiger partial charge in [0.05, 0.1) is 27.8 Å². The summed E-state index contributed by atoms with van der Waals surface area (Å²) in [5, 5.41) is 14.3. The first kappa shape index (κ1) is 21.9. The number of hydrogen-bond donors (Lipinski definition) is 2. The third-order valence-electron chi connectivity index (χ3n) is 8.58. The van der Waals surface area contributed by atoms with Gasteiger partial charge in [-0.15, -0.1) is 0 Å². The number of rotatable bonds is 5. The van der Waals surface area contributed by atoms with Crippen LogP contribution in [-0.4, -0.2) is 45.3 Å². The minimum atomic E-state index is -0.997. The van der Waals surface area contributed by atoms with E-state index < -0.39 is 10.8 Å². The van der Waals surface area contributed by atoms with E-state index >= 15 is 0 Å². The summed E-state index contributed by atoms with van der Waals surface area (Å²) in [6, 6.07) is 10.6. The highest BCUT2D eigenvalue weighted by molar-refractivity contribution is 7.85. The van der Waals surface area contributed by atoms with Gasteiger partial charge in [-0.25, -0.2) is 4.98 Å². The van der Waals surface area contributed by atoms with Crippen LogP contribution in [0.5, 0.6) is 0 Å². The zero-order valence-corrected chi connectivity index (χ0v) is 20.6. The molecule has 2 aromatic rings. The number of pyridine rings is 1. The van der Waals surface area contributed by atoms with Crippen LogP contribution < -0.4 is 10.2 Å². The quantitative estimate of drug-likeness (QED) is 0.631. The monoisotopic (exact) mass is 485 g/mol. The van der Waals surface area contributed by atoms with Crippen LogP contribution in [0, 0.1) is 5.41 Å². The van der Waals surface area contributed by atoms with E-state index in [1.165, 1.54) is 36.8 Å². The van der Waals surface area contributed by atoms with Crippen LogP contribution >= 0.6 is 11.6 Å². The number of anilines is 2. The van der Waals surface area contributed by atoms with Crippen molar-refractivity contribution in [1.82, 2.24) is 4.98 Å². The predicted octanol–water partition coefficient (Wildman–Crippen LogP) is 4.89. The topological polar surface area (TPSA) is 65.5 Å². The lowest BCUT2D eigenvalue weighted by molar-refractivity contribution is 0.127. The molecule has 5 nitrogen and oxygen atoms in total. The average Bonchev–Trinajstić information content (AvgIpc) is 3.16. The van der Waals surface area contributed by atoms with Gasteiger partial charge in [0, 0.05) is 29.3 Å². The Morgan fingerprint density at radius 1 is 1.15 bits per heavy atom. The minimum absolute atomic E-state index is 0.0991. The molecular formula is C26H32ClN3O2S. The fourth-order valence-electron chi connectivity index (χ4n) is 6.28. The van der Waals surface area contributed by atoms with Crippen molar-refractivity contribution in [3.63, 3.8) is 0 Å². The fourth-order valence-corrected chi connectivity index (χ4v) is 7.78. The van der Waals surface area contributed by atoms with Crippen molar-refractivity contribution < 1.29 is 9.32 Å². The maximum Gasteiger partial charge on any atom is 0.145 e. The van der Waals surface area contributed by atoms with Gasteiger partial charge in [-0.2, -0.15) is 0 Å². The molecule has 1 aromatic heterocycles. The number of halogens is 1. The smallest absolute Gasteiger partial charge is 0.145 e. The molecule has 176 valence electrons. The molecule has 1 unspecified atom stereocenters. The molecule has 0 bridgehead atoms. The molecule has 4 aliphatic rings. The molecule has 1 spiro atoms. The molecule has 7 heteroatoms. The molecule has 1 saturated heterocycles. The number of aliphatic hydroxyl groups is 1. The molecule has 2 aliphatic carbocycles. The van der Waals surface area contributed by atoms with E-state index in [1.807, 2.05) is 12.1 Å². The number of aromatic nitrogens is 1. The zero-order chi connectivity index (χ0) is 22.6. The maximum absolute atomic E-state index is 12.7. The summed E-state index contributed by atoms with van der Waals surface area (Å²) in [4.78, 5) is 8.26. The van der Waals surface area contributed by atoms with E-state index in [9.17, 15) is 9.32 Å².